The maximum Gasteiger partial charge on any atom is 0.227 e. The first-order valence-corrected chi connectivity index (χ1v) is 7.06. The summed E-state index contributed by atoms with van der Waals surface area (Å²) >= 11 is 0. The molecule has 1 aromatic carbocycles. The maximum atomic E-state index is 13.2. The second-order valence-corrected chi connectivity index (χ2v) is 4.92. The Morgan fingerprint density at radius 3 is 2.95 bits per heavy atom. The molecule has 5 heteroatoms. The summed E-state index contributed by atoms with van der Waals surface area (Å²) in [7, 11) is 0. The maximum absolute atomic E-state index is 13.2. The van der Waals surface area contributed by atoms with Crippen molar-refractivity contribution in [1.29, 1.82) is 0 Å². The van der Waals surface area contributed by atoms with Crippen molar-refractivity contribution in [2.45, 2.75) is 32.3 Å². The fraction of sp³-hybridized carbons (Fsp3) is 0.533. The van der Waals surface area contributed by atoms with Gasteiger partial charge in [-0.3, -0.25) is 4.79 Å². The number of rotatable bonds is 6. The molecule has 1 aliphatic heterocycles. The van der Waals surface area contributed by atoms with Crippen LogP contribution in [0.4, 0.5) is 10.1 Å². The molecule has 1 atom stereocenters. The van der Waals surface area contributed by atoms with E-state index in [1.54, 1.807) is 11.0 Å². The third-order valence-electron chi connectivity index (χ3n) is 3.58. The van der Waals surface area contributed by atoms with Crippen LogP contribution in [-0.2, 0) is 16.0 Å². The van der Waals surface area contributed by atoms with Gasteiger partial charge in [0.05, 0.1) is 6.10 Å². The van der Waals surface area contributed by atoms with Gasteiger partial charge in [-0.25, -0.2) is 4.39 Å². The number of nitrogens with zero attached hydrogens (tertiary/aromatic N) is 1. The number of carbonyl (C=O) groups is 1. The predicted molar refractivity (Wildman–Crippen MR) is 76.2 cm³/mol. The van der Waals surface area contributed by atoms with E-state index in [-0.39, 0.29) is 17.8 Å². The van der Waals surface area contributed by atoms with Gasteiger partial charge in [-0.15, -0.1) is 0 Å². The standard InChI is InChI=1S/C15H21FN2O2/c1-2-20-13(10-17)7-8-18-14-5-4-12(16)9-11(14)3-6-15(18)19/h4-5,9,13H,2-3,6-8,10,17H2,1H3. The van der Waals surface area contributed by atoms with Gasteiger partial charge in [0, 0.05) is 31.8 Å². The van der Waals surface area contributed by atoms with Gasteiger partial charge in [-0.1, -0.05) is 0 Å². The van der Waals surface area contributed by atoms with E-state index >= 15 is 0 Å². The van der Waals surface area contributed by atoms with E-state index in [4.69, 9.17) is 10.5 Å². The average molecular weight is 280 g/mol. The summed E-state index contributed by atoms with van der Waals surface area (Å²) in [6.07, 6.45) is 1.68. The van der Waals surface area contributed by atoms with E-state index in [1.165, 1.54) is 12.1 Å². The molecule has 0 saturated heterocycles. The molecule has 20 heavy (non-hydrogen) atoms. The number of halogens is 1. The topological polar surface area (TPSA) is 55.6 Å². The molecule has 1 unspecified atom stereocenters. The van der Waals surface area contributed by atoms with Crippen LogP contribution in [0.1, 0.15) is 25.3 Å². The van der Waals surface area contributed by atoms with Crippen LogP contribution in [0.15, 0.2) is 18.2 Å². The van der Waals surface area contributed by atoms with Crippen LogP contribution in [0, 0.1) is 5.82 Å². The lowest BCUT2D eigenvalue weighted by molar-refractivity contribution is -0.119. The summed E-state index contributed by atoms with van der Waals surface area (Å²) in [5, 5.41) is 0. The summed E-state index contributed by atoms with van der Waals surface area (Å²) in [5.41, 5.74) is 7.35. The van der Waals surface area contributed by atoms with Crippen LogP contribution in [0.5, 0.6) is 0 Å². The molecule has 1 heterocycles. The number of hydrogen-bond acceptors (Lipinski definition) is 3. The SMILES string of the molecule is CCOC(CN)CCN1C(=O)CCc2cc(F)ccc21. The molecule has 0 aromatic heterocycles. The number of nitrogens with two attached hydrogens (primary N) is 1. The van der Waals surface area contributed by atoms with Crippen LogP contribution < -0.4 is 10.6 Å². The largest absolute Gasteiger partial charge is 0.377 e. The quantitative estimate of drug-likeness (QED) is 0.865. The molecule has 0 fully saturated rings. The van der Waals surface area contributed by atoms with Gasteiger partial charge in [-0.2, -0.15) is 0 Å². The second kappa shape index (κ2) is 6.81. The Labute approximate surface area is 118 Å². The number of aryl methyl sites for hydroxylation is 1. The Balaban J connectivity index is 2.09. The molecule has 0 spiro atoms. The van der Waals surface area contributed by atoms with Crippen molar-refractivity contribution < 1.29 is 13.9 Å². The van der Waals surface area contributed by atoms with Crippen molar-refractivity contribution >= 4 is 11.6 Å². The normalized spacial score (nSPS) is 16.1. The van der Waals surface area contributed by atoms with Gasteiger partial charge in [0.1, 0.15) is 5.82 Å². The second-order valence-electron chi connectivity index (χ2n) is 4.92. The third kappa shape index (κ3) is 3.35. The zero-order chi connectivity index (χ0) is 14.5. The molecule has 0 bridgehead atoms. The zero-order valence-corrected chi connectivity index (χ0v) is 11.8. The number of ether oxygens (including phenoxy) is 1. The lowest BCUT2D eigenvalue weighted by Crippen LogP contribution is -2.38. The van der Waals surface area contributed by atoms with Gasteiger partial charge in [0.15, 0.2) is 0 Å². The minimum atomic E-state index is -0.257. The first-order valence-electron chi connectivity index (χ1n) is 7.06. The van der Waals surface area contributed by atoms with Gasteiger partial charge >= 0.3 is 0 Å². The smallest absolute Gasteiger partial charge is 0.227 e. The highest BCUT2D eigenvalue weighted by Gasteiger charge is 2.24. The molecule has 1 amide bonds. The number of amides is 1. The van der Waals surface area contributed by atoms with Crippen molar-refractivity contribution in [2.75, 3.05) is 24.6 Å². The Morgan fingerprint density at radius 1 is 1.45 bits per heavy atom. The molecular formula is C15H21FN2O2. The molecule has 0 radical (unpaired) electrons. The van der Waals surface area contributed by atoms with Crippen LogP contribution in [0.25, 0.3) is 0 Å². The lowest BCUT2D eigenvalue weighted by Gasteiger charge is -2.30. The van der Waals surface area contributed by atoms with Gasteiger partial charge in [0.2, 0.25) is 5.91 Å². The lowest BCUT2D eigenvalue weighted by atomic mass is 10.0. The highest BCUT2D eigenvalue weighted by molar-refractivity contribution is 5.96. The van der Waals surface area contributed by atoms with E-state index in [1.807, 2.05) is 6.92 Å². The predicted octanol–water partition coefficient (Wildman–Crippen LogP) is 1.86. The van der Waals surface area contributed by atoms with E-state index < -0.39 is 0 Å². The minimum Gasteiger partial charge on any atom is -0.377 e. The number of carbonyl (C=O) groups excluding carboxylic acids is 1. The summed E-state index contributed by atoms with van der Waals surface area (Å²) < 4.78 is 18.7. The highest BCUT2D eigenvalue weighted by Crippen LogP contribution is 2.28. The van der Waals surface area contributed by atoms with Crippen LogP contribution >= 0.6 is 0 Å². The summed E-state index contributed by atoms with van der Waals surface area (Å²) in [5.74, 6) is -0.177. The first kappa shape index (κ1) is 14.9. The van der Waals surface area contributed by atoms with E-state index in [0.29, 0.717) is 39.0 Å². The Kier molecular flexibility index (Phi) is 5.09. The van der Waals surface area contributed by atoms with Crippen LogP contribution in [0.3, 0.4) is 0 Å². The highest BCUT2D eigenvalue weighted by atomic mass is 19.1. The number of hydrogen-bond donors (Lipinski definition) is 1. The zero-order valence-electron chi connectivity index (χ0n) is 11.8. The molecule has 2 N–H and O–H groups in total. The van der Waals surface area contributed by atoms with Crippen molar-refractivity contribution in [3.63, 3.8) is 0 Å². The van der Waals surface area contributed by atoms with Crippen LogP contribution in [-0.4, -0.2) is 31.7 Å². The fourth-order valence-electron chi connectivity index (χ4n) is 2.55. The van der Waals surface area contributed by atoms with Crippen molar-refractivity contribution in [2.24, 2.45) is 5.73 Å². The fourth-order valence-corrected chi connectivity index (χ4v) is 2.55. The monoisotopic (exact) mass is 280 g/mol. The number of fused-ring (bicyclic) bond motifs is 1. The Hall–Kier alpha value is -1.46. The third-order valence-corrected chi connectivity index (χ3v) is 3.58. The molecule has 2 rings (SSSR count). The Morgan fingerprint density at radius 2 is 2.25 bits per heavy atom. The number of anilines is 1. The first-order chi connectivity index (χ1) is 9.65. The van der Waals surface area contributed by atoms with Gasteiger partial charge in [0.25, 0.3) is 0 Å². The van der Waals surface area contributed by atoms with Crippen molar-refractivity contribution in [3.8, 4) is 0 Å². The number of benzene rings is 1. The van der Waals surface area contributed by atoms with Crippen LogP contribution in [0.2, 0.25) is 0 Å². The molecule has 1 aliphatic rings. The van der Waals surface area contributed by atoms with E-state index in [9.17, 15) is 9.18 Å². The minimum absolute atomic E-state index is 0.0429. The van der Waals surface area contributed by atoms with Crippen molar-refractivity contribution in [1.82, 2.24) is 0 Å². The van der Waals surface area contributed by atoms with Gasteiger partial charge in [-0.05, 0) is 43.5 Å². The summed E-state index contributed by atoms with van der Waals surface area (Å²) in [6, 6.07) is 4.59. The molecule has 4 nitrogen and oxygen atoms in total. The summed E-state index contributed by atoms with van der Waals surface area (Å²) in [6.45, 7) is 3.52. The molecule has 0 aliphatic carbocycles. The van der Waals surface area contributed by atoms with Crippen molar-refractivity contribution in [3.05, 3.63) is 29.6 Å². The van der Waals surface area contributed by atoms with E-state index in [0.717, 1.165) is 11.3 Å². The van der Waals surface area contributed by atoms with E-state index in [2.05, 4.69) is 0 Å². The molecule has 110 valence electrons. The molecule has 1 aromatic rings. The molecule has 0 saturated carbocycles. The summed E-state index contributed by atoms with van der Waals surface area (Å²) in [4.78, 5) is 13.8. The average Bonchev–Trinajstić information content (AvgIpc) is 2.45. The molecular weight excluding hydrogens is 259 g/mol. The van der Waals surface area contributed by atoms with Gasteiger partial charge < -0.3 is 15.4 Å². The Bertz CT molecular complexity index is 479.